The molecule has 1 amide bonds. The van der Waals surface area contributed by atoms with Crippen molar-refractivity contribution in [1.29, 1.82) is 0 Å². The molecule has 0 radical (unpaired) electrons. The van der Waals surface area contributed by atoms with Gasteiger partial charge in [-0.1, -0.05) is 48.3 Å². The Hall–Kier alpha value is -2.71. The second-order valence-corrected chi connectivity index (χ2v) is 12.0. The highest BCUT2D eigenvalue weighted by Crippen LogP contribution is 2.32. The number of para-hydroxylation sites is 1. The summed E-state index contributed by atoms with van der Waals surface area (Å²) in [7, 11) is -2.01. The average Bonchev–Trinajstić information content (AvgIpc) is 3.19. The first kappa shape index (κ1) is 35.5. The van der Waals surface area contributed by atoms with Crippen molar-refractivity contribution in [3.8, 4) is 5.69 Å². The predicted molar refractivity (Wildman–Crippen MR) is 162 cm³/mol. The van der Waals surface area contributed by atoms with E-state index in [2.05, 4.69) is 22.8 Å². The number of anilines is 2. The van der Waals surface area contributed by atoms with E-state index in [0.717, 1.165) is 35.6 Å². The summed E-state index contributed by atoms with van der Waals surface area (Å²) in [5.41, 5.74) is 1.94. The van der Waals surface area contributed by atoms with Crippen molar-refractivity contribution >= 4 is 62.1 Å². The Labute approximate surface area is 258 Å². The van der Waals surface area contributed by atoms with Gasteiger partial charge in [-0.25, -0.2) is 17.8 Å². The van der Waals surface area contributed by atoms with Crippen LogP contribution in [0.25, 0.3) is 5.69 Å². The van der Waals surface area contributed by atoms with Crippen LogP contribution in [0.3, 0.4) is 0 Å². The van der Waals surface area contributed by atoms with Crippen molar-refractivity contribution in [3.63, 3.8) is 0 Å². The third-order valence-electron chi connectivity index (χ3n) is 5.91. The van der Waals surface area contributed by atoms with Gasteiger partial charge in [-0.2, -0.15) is 13.5 Å². The number of aromatic nitrogens is 3. The molecule has 42 heavy (non-hydrogen) atoms. The van der Waals surface area contributed by atoms with E-state index in [9.17, 15) is 26.8 Å². The van der Waals surface area contributed by atoms with Crippen LogP contribution in [0.1, 0.15) is 37.3 Å². The van der Waals surface area contributed by atoms with Crippen molar-refractivity contribution in [3.05, 3.63) is 67.8 Å². The average molecular weight is 671 g/mol. The van der Waals surface area contributed by atoms with Gasteiger partial charge in [-0.15, -0.1) is 16.7 Å². The maximum absolute atomic E-state index is 12.8. The zero-order valence-electron chi connectivity index (χ0n) is 23.8. The Morgan fingerprint density at radius 3 is 2.33 bits per heavy atom. The number of nitrogens with zero attached hydrogens (tertiary/aromatic N) is 4. The molecule has 0 aliphatic heterocycles. The molecule has 1 N–H and O–H groups in total. The lowest BCUT2D eigenvalue weighted by Gasteiger charge is -2.31. The number of ether oxygens (including phenoxy) is 1. The zero-order chi connectivity index (χ0) is 31.9. The van der Waals surface area contributed by atoms with Crippen LogP contribution < -0.4 is 15.3 Å². The molecule has 1 aromatic heterocycles. The maximum Gasteiger partial charge on any atom is 0.355 e. The van der Waals surface area contributed by atoms with Crippen LogP contribution in [0.2, 0.25) is 10.0 Å². The van der Waals surface area contributed by atoms with Crippen LogP contribution in [-0.2, 0) is 26.0 Å². The second kappa shape index (κ2) is 15.1. The number of halogens is 5. The van der Waals surface area contributed by atoms with Crippen molar-refractivity contribution in [2.45, 2.75) is 46.7 Å². The van der Waals surface area contributed by atoms with Gasteiger partial charge in [0.05, 0.1) is 46.0 Å². The fourth-order valence-corrected chi connectivity index (χ4v) is 5.42. The minimum atomic E-state index is -3.65. The van der Waals surface area contributed by atoms with E-state index in [4.69, 9.17) is 39.5 Å². The zero-order valence-corrected chi connectivity index (χ0v) is 26.9. The lowest BCUT2D eigenvalue weighted by atomic mass is 10.0. The highest BCUT2D eigenvalue weighted by Gasteiger charge is 2.25. The summed E-state index contributed by atoms with van der Waals surface area (Å²) in [5.74, 6) is -0.338. The molecule has 0 spiro atoms. The monoisotopic (exact) mass is 669 g/mol. The highest BCUT2D eigenvalue weighted by molar-refractivity contribution is 7.92. The van der Waals surface area contributed by atoms with Gasteiger partial charge < -0.3 is 9.64 Å². The Bertz CT molecular complexity index is 1580. The first-order chi connectivity index (χ1) is 19.6. The van der Waals surface area contributed by atoms with Crippen molar-refractivity contribution < 1.29 is 26.7 Å². The molecular formula is C26H32Cl3F2N5O5S. The van der Waals surface area contributed by atoms with Gasteiger partial charge in [0.1, 0.15) is 11.7 Å². The summed E-state index contributed by atoms with van der Waals surface area (Å²) in [6, 6.07) is 8.36. The molecule has 0 saturated heterocycles. The van der Waals surface area contributed by atoms with Gasteiger partial charge >= 0.3 is 12.2 Å². The van der Waals surface area contributed by atoms with Crippen LogP contribution in [0.5, 0.6) is 0 Å². The molecule has 1 heterocycles. The molecule has 1 atom stereocenters. The predicted octanol–water partition coefficient (Wildman–Crippen LogP) is 5.58. The van der Waals surface area contributed by atoms with E-state index < -0.39 is 22.3 Å². The van der Waals surface area contributed by atoms with E-state index in [0.29, 0.717) is 11.3 Å². The fraction of sp³-hybridized carbons (Fsp3) is 0.423. The summed E-state index contributed by atoms with van der Waals surface area (Å²) >= 11 is 17.6. The minimum Gasteiger partial charge on any atom is -0.383 e. The molecule has 3 aromatic rings. The SMILES string of the molecule is CCc1cccc(C)c1N(C(=O)CCl)C(C)COC.Cc1nn(-c2cc(NS(C)(=O)=O)c(Cl)cc2Cl)c(=O)n1C(F)F. The molecular weight excluding hydrogens is 639 g/mol. The number of amides is 1. The minimum absolute atomic E-state index is 0.0223. The van der Waals surface area contributed by atoms with E-state index >= 15 is 0 Å². The number of hydrogen-bond donors (Lipinski definition) is 1. The smallest absolute Gasteiger partial charge is 0.355 e. The third-order valence-corrected chi connectivity index (χ3v) is 7.35. The molecule has 3 rings (SSSR count). The number of aryl methyl sites for hydroxylation is 3. The summed E-state index contributed by atoms with van der Waals surface area (Å²) < 4.78 is 56.4. The van der Waals surface area contributed by atoms with Crippen LogP contribution in [-0.4, -0.2) is 60.6 Å². The number of methoxy groups -OCH3 is 1. The topological polar surface area (TPSA) is 116 Å². The van der Waals surface area contributed by atoms with E-state index in [-0.39, 0.29) is 49.6 Å². The number of rotatable bonds is 10. The number of sulfonamides is 1. The molecule has 0 aliphatic rings. The van der Waals surface area contributed by atoms with Gasteiger partial charge in [-0.05, 0) is 50.5 Å². The molecule has 0 fully saturated rings. The van der Waals surface area contributed by atoms with E-state index in [1.54, 1.807) is 12.0 Å². The number of carbonyl (C=O) groups is 1. The summed E-state index contributed by atoms with van der Waals surface area (Å²) in [6.45, 7) is 4.71. The highest BCUT2D eigenvalue weighted by atomic mass is 35.5. The van der Waals surface area contributed by atoms with E-state index in [1.807, 2.05) is 26.0 Å². The number of nitrogens with one attached hydrogen (secondary N) is 1. The van der Waals surface area contributed by atoms with Gasteiger partial charge in [0, 0.05) is 7.11 Å². The summed E-state index contributed by atoms with van der Waals surface area (Å²) in [6.07, 6.45) is 1.78. The van der Waals surface area contributed by atoms with Gasteiger partial charge in [0.2, 0.25) is 15.9 Å². The number of carbonyl (C=O) groups excluding carboxylic acids is 1. The molecule has 1 unspecified atom stereocenters. The Morgan fingerprint density at radius 2 is 1.83 bits per heavy atom. The molecule has 0 aliphatic carbocycles. The van der Waals surface area contributed by atoms with Gasteiger partial charge in [-0.3, -0.25) is 9.52 Å². The first-order valence-corrected chi connectivity index (χ1v) is 15.6. The van der Waals surface area contributed by atoms with Crippen LogP contribution in [0, 0.1) is 13.8 Å². The number of alkyl halides is 3. The number of benzene rings is 2. The van der Waals surface area contributed by atoms with E-state index in [1.165, 1.54) is 13.0 Å². The second-order valence-electron chi connectivity index (χ2n) is 9.18. The Kier molecular flexibility index (Phi) is 12.8. The normalized spacial score (nSPS) is 12.1. The van der Waals surface area contributed by atoms with Crippen molar-refractivity contribution in [1.82, 2.24) is 14.3 Å². The summed E-state index contributed by atoms with van der Waals surface area (Å²) in [4.78, 5) is 26.0. The van der Waals surface area contributed by atoms with Crippen LogP contribution in [0.15, 0.2) is 35.1 Å². The molecule has 0 bridgehead atoms. The lowest BCUT2D eigenvalue weighted by Crippen LogP contribution is -2.43. The molecule has 2 aromatic carbocycles. The lowest BCUT2D eigenvalue weighted by molar-refractivity contribution is -0.116. The van der Waals surface area contributed by atoms with Crippen LogP contribution >= 0.6 is 34.8 Å². The molecule has 16 heteroatoms. The molecule has 10 nitrogen and oxygen atoms in total. The van der Waals surface area contributed by atoms with Crippen molar-refractivity contribution in [2.24, 2.45) is 0 Å². The molecule has 0 saturated carbocycles. The van der Waals surface area contributed by atoms with Crippen LogP contribution in [0.4, 0.5) is 20.2 Å². The van der Waals surface area contributed by atoms with Crippen molar-refractivity contribution in [2.75, 3.05) is 35.5 Å². The summed E-state index contributed by atoms with van der Waals surface area (Å²) in [5, 5.41) is 3.63. The number of hydrogen-bond acceptors (Lipinski definition) is 6. The maximum atomic E-state index is 12.8. The Balaban J connectivity index is 0.000000299. The largest absolute Gasteiger partial charge is 0.383 e. The van der Waals surface area contributed by atoms with Gasteiger partial charge in [0.25, 0.3) is 0 Å². The quantitative estimate of drug-likeness (QED) is 0.282. The fourth-order valence-electron chi connectivity index (χ4n) is 4.16. The van der Waals surface area contributed by atoms with Gasteiger partial charge in [0.15, 0.2) is 0 Å². The first-order valence-electron chi connectivity index (χ1n) is 12.5. The Morgan fingerprint density at radius 1 is 1.19 bits per heavy atom. The standard InChI is InChI=1S/C15H22ClNO2.C11H10Cl2F2N4O3S/c1-5-13-8-6-7-11(2)15(13)17(14(18)9-16)12(3)10-19-4;1-5-16-19(11(20)18(5)10(14)15)9-4-8(17-23(2,21)22)6(12)3-7(9)13/h6-8,12H,5,9-10H2,1-4H3;3-4,10,17H,1-2H3. The third kappa shape index (κ3) is 8.66. The molecule has 232 valence electrons.